The van der Waals surface area contributed by atoms with Crippen LogP contribution in [0.2, 0.25) is 0 Å². The quantitative estimate of drug-likeness (QED) is 0.585. The Balaban J connectivity index is 2.06. The summed E-state index contributed by atoms with van der Waals surface area (Å²) in [5.41, 5.74) is 3.08. The molecule has 29 heavy (non-hydrogen) atoms. The Morgan fingerprint density at radius 1 is 0.966 bits per heavy atom. The summed E-state index contributed by atoms with van der Waals surface area (Å²) in [6, 6.07) is 14.6. The third-order valence-electron chi connectivity index (χ3n) is 4.72. The fourth-order valence-electron chi connectivity index (χ4n) is 3.07. The van der Waals surface area contributed by atoms with Crippen LogP contribution in [0, 0.1) is 0 Å². The van der Waals surface area contributed by atoms with Gasteiger partial charge in [0.05, 0.1) is 5.75 Å². The summed E-state index contributed by atoms with van der Waals surface area (Å²) in [7, 11) is -3.39. The Labute approximate surface area is 174 Å². The van der Waals surface area contributed by atoms with Crippen molar-refractivity contribution in [2.45, 2.75) is 40.3 Å². The minimum absolute atomic E-state index is 0.0484. The molecule has 2 aromatic carbocycles. The minimum Gasteiger partial charge on any atom is -0.348 e. The Morgan fingerprint density at radius 3 is 2.31 bits per heavy atom. The molecule has 0 aromatic heterocycles. The number of sulfonamides is 1. The van der Waals surface area contributed by atoms with Crippen molar-refractivity contribution < 1.29 is 13.2 Å². The number of amides is 1. The predicted molar refractivity (Wildman–Crippen MR) is 118 cm³/mol. The lowest BCUT2D eigenvalue weighted by Crippen LogP contribution is -2.26. The number of carbonyl (C=O) groups excluding carboxylic acids is 1. The smallest absolute Gasteiger partial charge is 0.251 e. The standard InChI is InChI=1S/C22H31N3O3S/c1-4-14-29(27,28)24-21-13-9-12-18(15-21)22(26)23-16-19-10-7-8-11-20(19)17-25(5-2)6-3/h7-13,15,24H,4-6,14,16-17H2,1-3H3,(H,23,26). The molecule has 7 heteroatoms. The number of hydrogen-bond donors (Lipinski definition) is 2. The molecule has 0 unspecified atom stereocenters. The van der Waals surface area contributed by atoms with Crippen LogP contribution < -0.4 is 10.0 Å². The van der Waals surface area contributed by atoms with Gasteiger partial charge in [0.2, 0.25) is 10.0 Å². The number of benzene rings is 2. The molecule has 0 heterocycles. The summed E-state index contributed by atoms with van der Waals surface area (Å²) in [5, 5.41) is 2.95. The molecular weight excluding hydrogens is 386 g/mol. The number of nitrogens with zero attached hydrogens (tertiary/aromatic N) is 1. The van der Waals surface area contributed by atoms with Gasteiger partial charge in [-0.3, -0.25) is 14.4 Å². The van der Waals surface area contributed by atoms with Crippen molar-refractivity contribution in [1.29, 1.82) is 0 Å². The van der Waals surface area contributed by atoms with E-state index in [0.29, 0.717) is 24.2 Å². The first kappa shape index (κ1) is 22.9. The van der Waals surface area contributed by atoms with Crippen molar-refractivity contribution in [1.82, 2.24) is 10.2 Å². The van der Waals surface area contributed by atoms with Gasteiger partial charge in [-0.2, -0.15) is 0 Å². The van der Waals surface area contributed by atoms with E-state index in [0.717, 1.165) is 25.2 Å². The van der Waals surface area contributed by atoms with Gasteiger partial charge in [0.1, 0.15) is 0 Å². The zero-order valence-electron chi connectivity index (χ0n) is 17.4. The lowest BCUT2D eigenvalue weighted by Gasteiger charge is -2.20. The molecule has 158 valence electrons. The topological polar surface area (TPSA) is 78.5 Å². The van der Waals surface area contributed by atoms with Crippen LogP contribution in [0.3, 0.4) is 0 Å². The SMILES string of the molecule is CCCS(=O)(=O)Nc1cccc(C(=O)NCc2ccccc2CN(CC)CC)c1. The van der Waals surface area contributed by atoms with Gasteiger partial charge in [-0.1, -0.05) is 51.1 Å². The van der Waals surface area contributed by atoms with Crippen LogP contribution >= 0.6 is 0 Å². The Morgan fingerprint density at radius 2 is 1.66 bits per heavy atom. The van der Waals surface area contributed by atoms with E-state index >= 15 is 0 Å². The van der Waals surface area contributed by atoms with E-state index in [9.17, 15) is 13.2 Å². The Hall–Kier alpha value is -2.38. The summed E-state index contributed by atoms with van der Waals surface area (Å²) in [4.78, 5) is 14.9. The van der Waals surface area contributed by atoms with Crippen LogP contribution in [0.1, 0.15) is 48.7 Å². The molecule has 0 spiro atoms. The normalized spacial score (nSPS) is 11.4. The van der Waals surface area contributed by atoms with Gasteiger partial charge in [-0.25, -0.2) is 8.42 Å². The Bertz CT molecular complexity index is 909. The first-order valence-electron chi connectivity index (χ1n) is 10.1. The molecule has 0 saturated carbocycles. The predicted octanol–water partition coefficient (Wildman–Crippen LogP) is 3.61. The fraction of sp³-hybridized carbons (Fsp3) is 0.409. The number of carbonyl (C=O) groups is 1. The first-order chi connectivity index (χ1) is 13.9. The van der Waals surface area contributed by atoms with E-state index in [2.05, 4.69) is 34.9 Å². The van der Waals surface area contributed by atoms with Crippen LogP contribution in [-0.2, 0) is 23.1 Å². The fourth-order valence-corrected chi connectivity index (χ4v) is 4.20. The van der Waals surface area contributed by atoms with E-state index in [4.69, 9.17) is 0 Å². The van der Waals surface area contributed by atoms with E-state index in [1.54, 1.807) is 31.2 Å². The van der Waals surface area contributed by atoms with Gasteiger partial charge in [0.25, 0.3) is 5.91 Å². The van der Waals surface area contributed by atoms with Gasteiger partial charge in [-0.05, 0) is 48.8 Å². The lowest BCUT2D eigenvalue weighted by atomic mass is 10.1. The largest absolute Gasteiger partial charge is 0.348 e. The molecule has 0 fully saturated rings. The maximum absolute atomic E-state index is 12.6. The average Bonchev–Trinajstić information content (AvgIpc) is 2.70. The van der Waals surface area contributed by atoms with Crippen molar-refractivity contribution in [3.05, 3.63) is 65.2 Å². The molecule has 6 nitrogen and oxygen atoms in total. The highest BCUT2D eigenvalue weighted by Crippen LogP contribution is 2.15. The lowest BCUT2D eigenvalue weighted by molar-refractivity contribution is 0.0950. The summed E-state index contributed by atoms with van der Waals surface area (Å²) in [6.45, 7) is 9.28. The number of anilines is 1. The van der Waals surface area contributed by atoms with Crippen molar-refractivity contribution in [2.24, 2.45) is 0 Å². The summed E-state index contributed by atoms with van der Waals surface area (Å²) in [5.74, 6) is -0.189. The molecular formula is C22H31N3O3S. The van der Waals surface area contributed by atoms with E-state index in [1.165, 1.54) is 5.56 Å². The van der Waals surface area contributed by atoms with E-state index in [1.807, 2.05) is 18.2 Å². The molecule has 0 aliphatic carbocycles. The van der Waals surface area contributed by atoms with Gasteiger partial charge in [0.15, 0.2) is 0 Å². The molecule has 0 bridgehead atoms. The van der Waals surface area contributed by atoms with E-state index < -0.39 is 10.0 Å². The van der Waals surface area contributed by atoms with Gasteiger partial charge >= 0.3 is 0 Å². The molecule has 2 N–H and O–H groups in total. The van der Waals surface area contributed by atoms with Crippen LogP contribution in [-0.4, -0.2) is 38.1 Å². The Kier molecular flexibility index (Phi) is 8.67. The van der Waals surface area contributed by atoms with Crippen LogP contribution in [0.4, 0.5) is 5.69 Å². The zero-order chi connectivity index (χ0) is 21.3. The highest BCUT2D eigenvalue weighted by Gasteiger charge is 2.12. The second kappa shape index (κ2) is 11.0. The average molecular weight is 418 g/mol. The second-order valence-electron chi connectivity index (χ2n) is 6.91. The maximum Gasteiger partial charge on any atom is 0.251 e. The molecule has 2 rings (SSSR count). The highest BCUT2D eigenvalue weighted by atomic mass is 32.2. The van der Waals surface area contributed by atoms with Crippen LogP contribution in [0.15, 0.2) is 48.5 Å². The van der Waals surface area contributed by atoms with E-state index in [-0.39, 0.29) is 11.7 Å². The minimum atomic E-state index is -3.39. The molecule has 0 aliphatic heterocycles. The summed E-state index contributed by atoms with van der Waals surface area (Å²) < 4.78 is 26.4. The van der Waals surface area contributed by atoms with Gasteiger partial charge in [0, 0.05) is 24.3 Å². The molecule has 2 aromatic rings. The first-order valence-corrected chi connectivity index (χ1v) is 11.7. The van der Waals surface area contributed by atoms with Gasteiger partial charge in [-0.15, -0.1) is 0 Å². The van der Waals surface area contributed by atoms with Crippen LogP contribution in [0.5, 0.6) is 0 Å². The van der Waals surface area contributed by atoms with Gasteiger partial charge < -0.3 is 5.32 Å². The van der Waals surface area contributed by atoms with Crippen LogP contribution in [0.25, 0.3) is 0 Å². The molecule has 0 saturated heterocycles. The van der Waals surface area contributed by atoms with Crippen molar-refractivity contribution in [3.63, 3.8) is 0 Å². The molecule has 0 aliphatic rings. The van der Waals surface area contributed by atoms with Crippen molar-refractivity contribution in [2.75, 3.05) is 23.6 Å². The highest BCUT2D eigenvalue weighted by molar-refractivity contribution is 7.92. The molecule has 0 atom stereocenters. The third kappa shape index (κ3) is 7.18. The number of nitrogens with one attached hydrogen (secondary N) is 2. The van der Waals surface area contributed by atoms with Crippen molar-refractivity contribution >= 4 is 21.6 Å². The summed E-state index contributed by atoms with van der Waals surface area (Å²) in [6.07, 6.45) is 0.530. The maximum atomic E-state index is 12.6. The monoisotopic (exact) mass is 417 g/mol. The van der Waals surface area contributed by atoms with Crippen molar-refractivity contribution in [3.8, 4) is 0 Å². The molecule has 1 amide bonds. The molecule has 0 radical (unpaired) electrons. The number of rotatable bonds is 11. The summed E-state index contributed by atoms with van der Waals surface area (Å²) >= 11 is 0. The second-order valence-corrected chi connectivity index (χ2v) is 8.76. The third-order valence-corrected chi connectivity index (χ3v) is 6.21. The zero-order valence-corrected chi connectivity index (χ0v) is 18.3. The number of hydrogen-bond acceptors (Lipinski definition) is 4.